The number of halogens is 1. The third kappa shape index (κ3) is 5.30. The van der Waals surface area contributed by atoms with Crippen LogP contribution in [0.2, 0.25) is 0 Å². The maximum Gasteiger partial charge on any atom is 0.319 e. The van der Waals surface area contributed by atoms with Gasteiger partial charge in [0, 0.05) is 16.7 Å². The number of urea groups is 1. The molecule has 6 heteroatoms. The molecular formula is C24H25FN3O2+. The second kappa shape index (κ2) is 9.80. The van der Waals surface area contributed by atoms with Gasteiger partial charge >= 0.3 is 6.03 Å². The predicted molar refractivity (Wildman–Crippen MR) is 113 cm³/mol. The molecule has 0 aliphatic rings. The first-order valence-electron chi connectivity index (χ1n) is 9.82. The Labute approximate surface area is 175 Å². The highest BCUT2D eigenvalue weighted by Crippen LogP contribution is 2.22. The molecule has 2 atom stereocenters. The monoisotopic (exact) mass is 406 g/mol. The van der Waals surface area contributed by atoms with Crippen molar-refractivity contribution < 1.29 is 19.3 Å². The molecule has 0 bridgehead atoms. The minimum Gasteiger partial charge on any atom is -0.351 e. The zero-order chi connectivity index (χ0) is 21.5. The SMILES string of the molecule is CCc1ccc([C@@H]([NH2+][C@H](C(=O)NC(N)=O)c2ccccc2)c2cccc(F)c2)cc1. The van der Waals surface area contributed by atoms with E-state index in [4.69, 9.17) is 5.73 Å². The van der Waals surface area contributed by atoms with Gasteiger partial charge in [-0.25, -0.2) is 9.18 Å². The summed E-state index contributed by atoms with van der Waals surface area (Å²) in [5.74, 6) is -0.880. The molecule has 0 radical (unpaired) electrons. The number of rotatable bonds is 7. The summed E-state index contributed by atoms with van der Waals surface area (Å²) in [6.45, 7) is 2.07. The number of benzene rings is 3. The van der Waals surface area contributed by atoms with E-state index in [1.807, 2.05) is 66.0 Å². The molecule has 0 aliphatic heterocycles. The second-order valence-corrected chi connectivity index (χ2v) is 7.06. The second-order valence-electron chi connectivity index (χ2n) is 7.06. The maximum absolute atomic E-state index is 14.0. The van der Waals surface area contributed by atoms with Crippen molar-refractivity contribution in [2.24, 2.45) is 5.73 Å². The summed E-state index contributed by atoms with van der Waals surface area (Å²) in [4.78, 5) is 24.1. The molecule has 0 aliphatic carbocycles. The number of nitrogens with one attached hydrogen (secondary N) is 1. The minimum atomic E-state index is -0.913. The average Bonchev–Trinajstić information content (AvgIpc) is 2.74. The van der Waals surface area contributed by atoms with Gasteiger partial charge in [-0.05, 0) is 24.1 Å². The quantitative estimate of drug-likeness (QED) is 0.563. The number of imide groups is 1. The lowest BCUT2D eigenvalue weighted by Crippen LogP contribution is -2.88. The first kappa shape index (κ1) is 21.2. The van der Waals surface area contributed by atoms with Crippen LogP contribution in [0, 0.1) is 5.82 Å². The molecule has 3 aromatic carbocycles. The highest BCUT2D eigenvalue weighted by molar-refractivity contribution is 5.96. The molecule has 0 saturated carbocycles. The van der Waals surface area contributed by atoms with Crippen LogP contribution >= 0.6 is 0 Å². The highest BCUT2D eigenvalue weighted by atomic mass is 19.1. The van der Waals surface area contributed by atoms with Gasteiger partial charge in [-0.1, -0.05) is 73.7 Å². The van der Waals surface area contributed by atoms with Crippen molar-refractivity contribution in [3.63, 3.8) is 0 Å². The van der Waals surface area contributed by atoms with E-state index in [9.17, 15) is 14.0 Å². The molecule has 0 fully saturated rings. The van der Waals surface area contributed by atoms with Gasteiger partial charge in [0.05, 0.1) is 0 Å². The Balaban J connectivity index is 2.03. The molecule has 3 rings (SSSR count). The summed E-state index contributed by atoms with van der Waals surface area (Å²) < 4.78 is 14.0. The van der Waals surface area contributed by atoms with Crippen LogP contribution in [0.5, 0.6) is 0 Å². The van der Waals surface area contributed by atoms with Crippen molar-refractivity contribution in [2.45, 2.75) is 25.4 Å². The van der Waals surface area contributed by atoms with Crippen molar-refractivity contribution >= 4 is 11.9 Å². The first-order chi connectivity index (χ1) is 14.5. The van der Waals surface area contributed by atoms with Crippen LogP contribution in [0.3, 0.4) is 0 Å². The molecule has 30 heavy (non-hydrogen) atoms. The van der Waals surface area contributed by atoms with Crippen LogP contribution in [0.1, 0.15) is 41.3 Å². The number of hydrogen-bond donors (Lipinski definition) is 3. The van der Waals surface area contributed by atoms with E-state index in [1.165, 1.54) is 17.7 Å². The van der Waals surface area contributed by atoms with Gasteiger partial charge in [0.15, 0.2) is 6.04 Å². The summed E-state index contributed by atoms with van der Waals surface area (Å²) in [6.07, 6.45) is 0.905. The van der Waals surface area contributed by atoms with E-state index in [0.717, 1.165) is 12.0 Å². The Bertz CT molecular complexity index is 1010. The zero-order valence-corrected chi connectivity index (χ0v) is 16.7. The van der Waals surface area contributed by atoms with Gasteiger partial charge in [-0.3, -0.25) is 10.1 Å². The number of primary amides is 1. The lowest BCUT2D eigenvalue weighted by Gasteiger charge is -2.23. The van der Waals surface area contributed by atoms with Crippen LogP contribution in [0.4, 0.5) is 9.18 Å². The Morgan fingerprint density at radius 1 is 0.933 bits per heavy atom. The van der Waals surface area contributed by atoms with Crippen molar-refractivity contribution in [1.82, 2.24) is 5.32 Å². The molecule has 5 nitrogen and oxygen atoms in total. The summed E-state index contributed by atoms with van der Waals surface area (Å²) in [6, 6.07) is 21.4. The molecule has 0 spiro atoms. The third-order valence-corrected chi connectivity index (χ3v) is 5.03. The molecule has 5 N–H and O–H groups in total. The smallest absolute Gasteiger partial charge is 0.319 e. The van der Waals surface area contributed by atoms with Crippen molar-refractivity contribution in [2.75, 3.05) is 0 Å². The lowest BCUT2D eigenvalue weighted by atomic mass is 9.95. The molecular weight excluding hydrogens is 381 g/mol. The van der Waals surface area contributed by atoms with Gasteiger partial charge in [-0.15, -0.1) is 0 Å². The predicted octanol–water partition coefficient (Wildman–Crippen LogP) is 2.98. The largest absolute Gasteiger partial charge is 0.351 e. The standard InChI is InChI=1S/C24H24FN3O2/c1-2-16-11-13-18(14-12-16)21(19-9-6-10-20(25)15-19)27-22(23(29)28-24(26)30)17-7-4-3-5-8-17/h3-15,21-22,27H,2H2,1H3,(H3,26,28,29,30)/p+1/t21-,22+/m1/s1. The number of carbonyl (C=O) groups excluding carboxylic acids is 2. The number of aryl methyl sites for hydroxylation is 1. The van der Waals surface area contributed by atoms with E-state index >= 15 is 0 Å². The fourth-order valence-electron chi connectivity index (χ4n) is 3.48. The van der Waals surface area contributed by atoms with Gasteiger partial charge in [-0.2, -0.15) is 0 Å². The Morgan fingerprint density at radius 3 is 2.20 bits per heavy atom. The van der Waals surface area contributed by atoms with Crippen LogP contribution < -0.4 is 16.4 Å². The number of nitrogens with two attached hydrogens (primary N) is 2. The van der Waals surface area contributed by atoms with E-state index in [-0.39, 0.29) is 11.9 Å². The van der Waals surface area contributed by atoms with Crippen LogP contribution in [0.15, 0.2) is 78.9 Å². The number of carbonyl (C=O) groups is 2. The van der Waals surface area contributed by atoms with Gasteiger partial charge < -0.3 is 11.1 Å². The molecule has 0 heterocycles. The van der Waals surface area contributed by atoms with Gasteiger partial charge in [0.2, 0.25) is 0 Å². The Kier molecular flexibility index (Phi) is 6.93. The highest BCUT2D eigenvalue weighted by Gasteiger charge is 2.30. The lowest BCUT2D eigenvalue weighted by molar-refractivity contribution is -0.713. The van der Waals surface area contributed by atoms with E-state index in [1.54, 1.807) is 6.07 Å². The van der Waals surface area contributed by atoms with Crippen LogP contribution in [-0.2, 0) is 11.2 Å². The normalized spacial score (nSPS) is 12.7. The first-order valence-corrected chi connectivity index (χ1v) is 9.82. The van der Waals surface area contributed by atoms with Gasteiger partial charge in [0.1, 0.15) is 11.9 Å². The Morgan fingerprint density at radius 2 is 1.60 bits per heavy atom. The molecule has 0 unspecified atom stereocenters. The van der Waals surface area contributed by atoms with E-state index < -0.39 is 18.0 Å². The maximum atomic E-state index is 14.0. The van der Waals surface area contributed by atoms with Crippen molar-refractivity contribution in [3.8, 4) is 0 Å². The number of amides is 3. The number of hydrogen-bond acceptors (Lipinski definition) is 2. The summed E-state index contributed by atoms with van der Waals surface area (Å²) in [5.41, 5.74) is 8.71. The molecule has 154 valence electrons. The zero-order valence-electron chi connectivity index (χ0n) is 16.7. The molecule has 0 saturated heterocycles. The van der Waals surface area contributed by atoms with E-state index in [0.29, 0.717) is 11.1 Å². The summed E-state index contributed by atoms with van der Waals surface area (Å²) in [7, 11) is 0. The topological polar surface area (TPSA) is 88.8 Å². The van der Waals surface area contributed by atoms with Crippen molar-refractivity contribution in [3.05, 3.63) is 107 Å². The van der Waals surface area contributed by atoms with Gasteiger partial charge in [0.25, 0.3) is 5.91 Å². The van der Waals surface area contributed by atoms with E-state index in [2.05, 4.69) is 12.2 Å². The van der Waals surface area contributed by atoms with Crippen LogP contribution in [0.25, 0.3) is 0 Å². The van der Waals surface area contributed by atoms with Crippen LogP contribution in [-0.4, -0.2) is 11.9 Å². The fourth-order valence-corrected chi connectivity index (χ4v) is 3.48. The Hall–Kier alpha value is -3.51. The summed E-state index contributed by atoms with van der Waals surface area (Å²) in [5, 5.41) is 4.00. The molecule has 3 aromatic rings. The fraction of sp³-hybridized carbons (Fsp3) is 0.167. The number of quaternary nitrogens is 1. The average molecular weight is 406 g/mol. The van der Waals surface area contributed by atoms with Crippen molar-refractivity contribution in [1.29, 1.82) is 0 Å². The molecule has 3 amide bonds. The minimum absolute atomic E-state index is 0.353. The molecule has 0 aromatic heterocycles. The third-order valence-electron chi connectivity index (χ3n) is 5.03. The summed E-state index contributed by atoms with van der Waals surface area (Å²) >= 11 is 0.